The van der Waals surface area contributed by atoms with Crippen LogP contribution in [0.5, 0.6) is 0 Å². The molecule has 1 heterocycles. The van der Waals surface area contributed by atoms with E-state index in [2.05, 4.69) is 0 Å². The number of carboxylic acids is 1. The molecule has 0 spiro atoms. The van der Waals surface area contributed by atoms with E-state index in [1.54, 1.807) is 0 Å². The lowest BCUT2D eigenvalue weighted by atomic mass is 10.00. The summed E-state index contributed by atoms with van der Waals surface area (Å²) in [7, 11) is 0. The number of ether oxygens (including phenoxy) is 1. The van der Waals surface area contributed by atoms with Gasteiger partial charge < -0.3 is 9.84 Å². The van der Waals surface area contributed by atoms with Crippen LogP contribution >= 0.6 is 0 Å². The second-order valence-corrected chi connectivity index (χ2v) is 3.37. The molecule has 0 aromatic heterocycles. The van der Waals surface area contributed by atoms with E-state index in [0.717, 1.165) is 13.0 Å². The van der Waals surface area contributed by atoms with E-state index in [-0.39, 0.29) is 18.6 Å². The molecule has 1 aliphatic rings. The number of aliphatic carboxylic acids is 1. The van der Waals surface area contributed by atoms with Gasteiger partial charge in [-0.2, -0.15) is 0 Å². The number of carbonyl (C=O) groups is 2. The van der Waals surface area contributed by atoms with Crippen molar-refractivity contribution in [2.45, 2.75) is 25.7 Å². The van der Waals surface area contributed by atoms with Crippen LogP contribution in [0.25, 0.3) is 0 Å². The number of rotatable bonds is 5. The highest BCUT2D eigenvalue weighted by atomic mass is 16.5. The first-order valence-corrected chi connectivity index (χ1v) is 4.49. The van der Waals surface area contributed by atoms with Crippen molar-refractivity contribution in [2.75, 3.05) is 13.2 Å². The summed E-state index contributed by atoms with van der Waals surface area (Å²) in [5.41, 5.74) is 0. The summed E-state index contributed by atoms with van der Waals surface area (Å²) in [6, 6.07) is 0. The van der Waals surface area contributed by atoms with Crippen molar-refractivity contribution in [3.05, 3.63) is 0 Å². The summed E-state index contributed by atoms with van der Waals surface area (Å²) in [4.78, 5) is 21.3. The molecule has 4 nitrogen and oxygen atoms in total. The molecular weight excluding hydrogens is 172 g/mol. The quantitative estimate of drug-likeness (QED) is 0.691. The summed E-state index contributed by atoms with van der Waals surface area (Å²) < 4.78 is 5.12. The molecule has 0 aromatic rings. The van der Waals surface area contributed by atoms with Crippen LogP contribution in [-0.2, 0) is 14.3 Å². The van der Waals surface area contributed by atoms with E-state index in [0.29, 0.717) is 18.9 Å². The van der Waals surface area contributed by atoms with Crippen LogP contribution < -0.4 is 0 Å². The number of ketones is 1. The van der Waals surface area contributed by atoms with E-state index in [9.17, 15) is 9.59 Å². The van der Waals surface area contributed by atoms with Gasteiger partial charge in [-0.15, -0.1) is 0 Å². The molecule has 0 amide bonds. The van der Waals surface area contributed by atoms with Crippen LogP contribution in [0.2, 0.25) is 0 Å². The van der Waals surface area contributed by atoms with Gasteiger partial charge in [0.2, 0.25) is 0 Å². The molecule has 1 fully saturated rings. The van der Waals surface area contributed by atoms with Gasteiger partial charge in [0, 0.05) is 26.1 Å². The van der Waals surface area contributed by atoms with Crippen LogP contribution in [0.1, 0.15) is 25.7 Å². The first-order valence-electron chi connectivity index (χ1n) is 4.49. The molecule has 1 N–H and O–H groups in total. The van der Waals surface area contributed by atoms with Crippen molar-refractivity contribution in [3.63, 3.8) is 0 Å². The first-order chi connectivity index (χ1) is 6.18. The summed E-state index contributed by atoms with van der Waals surface area (Å²) in [5, 5.41) is 8.35. The summed E-state index contributed by atoms with van der Waals surface area (Å²) in [5.74, 6) is -0.546. The summed E-state index contributed by atoms with van der Waals surface area (Å²) in [6.07, 6.45) is 1.52. The lowest BCUT2D eigenvalue weighted by molar-refractivity contribution is -0.138. The van der Waals surface area contributed by atoms with Gasteiger partial charge in [0.1, 0.15) is 5.78 Å². The van der Waals surface area contributed by atoms with Crippen LogP contribution in [0.3, 0.4) is 0 Å². The Morgan fingerprint density at radius 2 is 2.15 bits per heavy atom. The molecule has 0 aliphatic carbocycles. The predicted octanol–water partition coefficient (Wildman–Crippen LogP) is 0.847. The van der Waals surface area contributed by atoms with E-state index in [4.69, 9.17) is 9.84 Å². The molecule has 1 unspecified atom stereocenters. The average Bonchev–Trinajstić information content (AvgIpc) is 2.53. The predicted molar refractivity (Wildman–Crippen MR) is 45.4 cm³/mol. The third-order valence-corrected chi connectivity index (χ3v) is 2.16. The van der Waals surface area contributed by atoms with E-state index in [1.807, 2.05) is 0 Å². The minimum atomic E-state index is -0.906. The van der Waals surface area contributed by atoms with Crippen molar-refractivity contribution in [3.8, 4) is 0 Å². The van der Waals surface area contributed by atoms with Crippen LogP contribution in [0.15, 0.2) is 0 Å². The molecule has 0 saturated carbocycles. The van der Waals surface area contributed by atoms with E-state index < -0.39 is 5.97 Å². The lowest BCUT2D eigenvalue weighted by Gasteiger charge is -2.04. The molecule has 1 aliphatic heterocycles. The van der Waals surface area contributed by atoms with Crippen molar-refractivity contribution in [2.24, 2.45) is 5.92 Å². The Morgan fingerprint density at radius 3 is 2.69 bits per heavy atom. The Labute approximate surface area is 76.9 Å². The van der Waals surface area contributed by atoms with Gasteiger partial charge in [-0.3, -0.25) is 9.59 Å². The van der Waals surface area contributed by atoms with Gasteiger partial charge in [0.25, 0.3) is 0 Å². The van der Waals surface area contributed by atoms with Gasteiger partial charge >= 0.3 is 5.97 Å². The number of Topliss-reactive ketones (excluding diaryl/α,β-unsaturated/α-hetero) is 1. The highest BCUT2D eigenvalue weighted by Gasteiger charge is 2.19. The van der Waals surface area contributed by atoms with Gasteiger partial charge in [-0.05, 0) is 12.3 Å². The highest BCUT2D eigenvalue weighted by Crippen LogP contribution is 2.17. The third-order valence-electron chi connectivity index (χ3n) is 2.16. The number of hydrogen-bond acceptors (Lipinski definition) is 3. The average molecular weight is 186 g/mol. The Kier molecular flexibility index (Phi) is 3.89. The Hall–Kier alpha value is -0.900. The zero-order valence-corrected chi connectivity index (χ0v) is 7.49. The Morgan fingerprint density at radius 1 is 1.38 bits per heavy atom. The maximum absolute atomic E-state index is 11.2. The summed E-state index contributed by atoms with van der Waals surface area (Å²) >= 11 is 0. The van der Waals surface area contributed by atoms with Crippen molar-refractivity contribution >= 4 is 11.8 Å². The lowest BCUT2D eigenvalue weighted by Crippen LogP contribution is -2.09. The topological polar surface area (TPSA) is 63.6 Å². The number of carbonyl (C=O) groups excluding carboxylic acids is 1. The van der Waals surface area contributed by atoms with Gasteiger partial charge in [0.05, 0.1) is 6.42 Å². The monoisotopic (exact) mass is 186 g/mol. The molecule has 4 heteroatoms. The zero-order chi connectivity index (χ0) is 9.68. The standard InChI is InChI=1S/C9H14O4/c10-8(1-2-9(11)12)5-7-3-4-13-6-7/h7H,1-6H2,(H,11,12). The zero-order valence-electron chi connectivity index (χ0n) is 7.49. The van der Waals surface area contributed by atoms with Gasteiger partial charge in [-0.25, -0.2) is 0 Å². The van der Waals surface area contributed by atoms with Crippen molar-refractivity contribution in [1.82, 2.24) is 0 Å². The van der Waals surface area contributed by atoms with Crippen molar-refractivity contribution in [1.29, 1.82) is 0 Å². The van der Waals surface area contributed by atoms with Crippen molar-refractivity contribution < 1.29 is 19.4 Å². The molecular formula is C9H14O4. The summed E-state index contributed by atoms with van der Waals surface area (Å²) in [6.45, 7) is 1.38. The molecule has 74 valence electrons. The number of hydrogen-bond donors (Lipinski definition) is 1. The maximum atomic E-state index is 11.2. The molecule has 0 bridgehead atoms. The molecule has 0 aromatic carbocycles. The maximum Gasteiger partial charge on any atom is 0.303 e. The van der Waals surface area contributed by atoms with Crippen LogP contribution in [0.4, 0.5) is 0 Å². The van der Waals surface area contributed by atoms with Gasteiger partial charge in [-0.1, -0.05) is 0 Å². The minimum Gasteiger partial charge on any atom is -0.481 e. The van der Waals surface area contributed by atoms with Crippen LogP contribution in [0, 0.1) is 5.92 Å². The largest absolute Gasteiger partial charge is 0.481 e. The smallest absolute Gasteiger partial charge is 0.303 e. The van der Waals surface area contributed by atoms with Crippen LogP contribution in [-0.4, -0.2) is 30.1 Å². The molecule has 1 saturated heterocycles. The molecule has 13 heavy (non-hydrogen) atoms. The van der Waals surface area contributed by atoms with E-state index >= 15 is 0 Å². The fraction of sp³-hybridized carbons (Fsp3) is 0.778. The molecule has 1 rings (SSSR count). The second-order valence-electron chi connectivity index (χ2n) is 3.37. The van der Waals surface area contributed by atoms with Gasteiger partial charge in [0.15, 0.2) is 0 Å². The Balaban J connectivity index is 2.13. The first kappa shape index (κ1) is 10.2. The Bertz CT molecular complexity index is 194. The SMILES string of the molecule is O=C(O)CCC(=O)CC1CCOC1. The normalized spacial score (nSPS) is 21.7. The number of carboxylic acid groups (broad SMARTS) is 1. The second kappa shape index (κ2) is 4.97. The fourth-order valence-electron chi connectivity index (χ4n) is 1.41. The third kappa shape index (κ3) is 4.03. The highest BCUT2D eigenvalue weighted by molar-refractivity contribution is 5.82. The fourth-order valence-corrected chi connectivity index (χ4v) is 1.41. The molecule has 0 radical (unpaired) electrons. The minimum absolute atomic E-state index is 0.0397. The van der Waals surface area contributed by atoms with E-state index in [1.165, 1.54) is 0 Å². The molecule has 1 atom stereocenters.